The molecule has 0 saturated carbocycles. The molecule has 0 bridgehead atoms. The lowest BCUT2D eigenvalue weighted by molar-refractivity contribution is -0.0587. The maximum absolute atomic E-state index is 13.4. The van der Waals surface area contributed by atoms with E-state index in [1.807, 2.05) is 66.2 Å². The molecule has 7 heteroatoms. The highest BCUT2D eigenvalue weighted by Crippen LogP contribution is 2.27. The van der Waals surface area contributed by atoms with Crippen molar-refractivity contribution in [2.45, 2.75) is 12.8 Å². The van der Waals surface area contributed by atoms with Crippen LogP contribution in [0.4, 0.5) is 0 Å². The third kappa shape index (κ3) is 3.53. The lowest BCUT2D eigenvalue weighted by Crippen LogP contribution is -2.37. The van der Waals surface area contributed by atoms with Gasteiger partial charge in [0.15, 0.2) is 6.29 Å². The summed E-state index contributed by atoms with van der Waals surface area (Å²) in [6, 6.07) is 18.0. The van der Waals surface area contributed by atoms with E-state index in [0.717, 1.165) is 26.9 Å². The summed E-state index contributed by atoms with van der Waals surface area (Å²) in [7, 11) is 1.98. The number of hydrogen-bond donors (Lipinski definition) is 0. The van der Waals surface area contributed by atoms with Crippen molar-refractivity contribution in [2.75, 3.05) is 19.8 Å². The van der Waals surface area contributed by atoms with Gasteiger partial charge in [-0.1, -0.05) is 30.3 Å². The maximum atomic E-state index is 13.4. The molecule has 2 aromatic heterocycles. The van der Waals surface area contributed by atoms with E-state index in [0.29, 0.717) is 31.2 Å². The smallest absolute Gasteiger partial charge is 0.264 e. The van der Waals surface area contributed by atoms with Gasteiger partial charge in [0.2, 0.25) is 0 Å². The normalized spacial score (nSPS) is 14.8. The van der Waals surface area contributed by atoms with Crippen LogP contribution in [-0.2, 0) is 23.1 Å². The van der Waals surface area contributed by atoms with Crippen molar-refractivity contribution < 1.29 is 14.3 Å². The van der Waals surface area contributed by atoms with Crippen LogP contribution < -0.4 is 0 Å². The molecule has 4 aromatic rings. The van der Waals surface area contributed by atoms with Crippen molar-refractivity contribution in [2.24, 2.45) is 7.05 Å². The minimum atomic E-state index is -0.400. The van der Waals surface area contributed by atoms with Crippen LogP contribution in [0.2, 0.25) is 0 Å². The highest BCUT2D eigenvalue weighted by Gasteiger charge is 2.26. The number of carbonyl (C=O) groups excluding carboxylic acids is 1. The van der Waals surface area contributed by atoms with Gasteiger partial charge >= 0.3 is 0 Å². The van der Waals surface area contributed by atoms with Crippen LogP contribution in [-0.4, -0.2) is 46.4 Å². The number of aromatic nitrogens is 2. The van der Waals surface area contributed by atoms with Crippen LogP contribution in [0.3, 0.4) is 0 Å². The SMILES string of the molecule is Cn1c(CN(CC2OCCO2)C(=O)c2cc3ccccc3s2)nc2ccccc21. The van der Waals surface area contributed by atoms with Crippen LogP contribution in [0.15, 0.2) is 54.6 Å². The van der Waals surface area contributed by atoms with E-state index in [2.05, 4.69) is 0 Å². The summed E-state index contributed by atoms with van der Waals surface area (Å²) in [5.74, 6) is 0.802. The van der Waals surface area contributed by atoms with Gasteiger partial charge in [0.1, 0.15) is 5.82 Å². The number of nitrogens with zero attached hydrogens (tertiary/aromatic N) is 3. The van der Waals surface area contributed by atoms with E-state index in [1.54, 1.807) is 4.90 Å². The first-order valence-corrected chi connectivity index (χ1v) is 10.4. The molecule has 6 nitrogen and oxygen atoms in total. The van der Waals surface area contributed by atoms with Crippen LogP contribution in [0.1, 0.15) is 15.5 Å². The quantitative estimate of drug-likeness (QED) is 0.505. The number of aryl methyl sites for hydroxylation is 1. The molecular weight excluding hydrogens is 386 g/mol. The van der Waals surface area contributed by atoms with Gasteiger partial charge in [-0.15, -0.1) is 11.3 Å². The van der Waals surface area contributed by atoms with E-state index in [9.17, 15) is 4.79 Å². The molecule has 0 unspecified atom stereocenters. The van der Waals surface area contributed by atoms with Crippen molar-refractivity contribution in [1.29, 1.82) is 0 Å². The zero-order chi connectivity index (χ0) is 19.8. The second-order valence-corrected chi connectivity index (χ2v) is 8.16. The Kier molecular flexibility index (Phi) is 4.79. The third-order valence-corrected chi connectivity index (χ3v) is 6.30. The minimum Gasteiger partial charge on any atom is -0.348 e. The van der Waals surface area contributed by atoms with Gasteiger partial charge in [-0.25, -0.2) is 4.98 Å². The molecule has 0 spiro atoms. The Hall–Kier alpha value is -2.74. The van der Waals surface area contributed by atoms with Gasteiger partial charge in [-0.2, -0.15) is 0 Å². The molecule has 1 saturated heterocycles. The Balaban J connectivity index is 1.48. The van der Waals surface area contributed by atoms with Gasteiger partial charge in [0.05, 0.1) is 42.2 Å². The third-order valence-electron chi connectivity index (χ3n) is 5.20. The Morgan fingerprint density at radius 1 is 1.17 bits per heavy atom. The molecule has 5 rings (SSSR count). The van der Waals surface area contributed by atoms with Crippen LogP contribution in [0.5, 0.6) is 0 Å². The van der Waals surface area contributed by atoms with Gasteiger partial charge in [0.25, 0.3) is 5.91 Å². The van der Waals surface area contributed by atoms with Crippen molar-refractivity contribution in [3.05, 3.63) is 65.3 Å². The summed E-state index contributed by atoms with van der Waals surface area (Å²) in [4.78, 5) is 20.6. The Bertz CT molecular complexity index is 1140. The Morgan fingerprint density at radius 2 is 1.93 bits per heavy atom. The lowest BCUT2D eigenvalue weighted by Gasteiger charge is -2.24. The fourth-order valence-corrected chi connectivity index (χ4v) is 4.69. The van der Waals surface area contributed by atoms with Crippen LogP contribution in [0, 0.1) is 0 Å². The number of para-hydroxylation sites is 2. The zero-order valence-electron chi connectivity index (χ0n) is 16.1. The molecule has 0 N–H and O–H groups in total. The molecule has 148 valence electrons. The molecule has 2 aromatic carbocycles. The molecule has 1 fully saturated rings. The van der Waals surface area contributed by atoms with Crippen molar-refractivity contribution in [3.8, 4) is 0 Å². The lowest BCUT2D eigenvalue weighted by atomic mass is 10.2. The summed E-state index contributed by atoms with van der Waals surface area (Å²) in [5, 5.41) is 1.08. The molecule has 0 radical (unpaired) electrons. The number of ether oxygens (including phenoxy) is 2. The number of carbonyl (C=O) groups is 1. The Labute approximate surface area is 172 Å². The van der Waals surface area contributed by atoms with Gasteiger partial charge in [0, 0.05) is 11.7 Å². The molecule has 0 atom stereocenters. The average molecular weight is 407 g/mol. The summed E-state index contributed by atoms with van der Waals surface area (Å²) < 4.78 is 14.4. The number of amides is 1. The molecule has 0 aliphatic carbocycles. The maximum Gasteiger partial charge on any atom is 0.264 e. The second kappa shape index (κ2) is 7.59. The minimum absolute atomic E-state index is 0.0302. The highest BCUT2D eigenvalue weighted by molar-refractivity contribution is 7.20. The summed E-state index contributed by atoms with van der Waals surface area (Å²) in [5.41, 5.74) is 1.97. The number of hydrogen-bond acceptors (Lipinski definition) is 5. The number of rotatable bonds is 5. The van der Waals surface area contributed by atoms with E-state index in [4.69, 9.17) is 14.5 Å². The number of fused-ring (bicyclic) bond motifs is 2. The molecule has 1 aliphatic heterocycles. The molecule has 1 amide bonds. The van der Waals surface area contributed by atoms with Gasteiger partial charge in [-0.05, 0) is 29.7 Å². The predicted molar refractivity (Wildman–Crippen MR) is 113 cm³/mol. The fraction of sp³-hybridized carbons (Fsp3) is 0.273. The van der Waals surface area contributed by atoms with E-state index < -0.39 is 6.29 Å². The molecule has 29 heavy (non-hydrogen) atoms. The van der Waals surface area contributed by atoms with Crippen molar-refractivity contribution in [1.82, 2.24) is 14.5 Å². The second-order valence-electron chi connectivity index (χ2n) is 7.08. The largest absolute Gasteiger partial charge is 0.348 e. The number of imidazole rings is 1. The van der Waals surface area contributed by atoms with Gasteiger partial charge < -0.3 is 18.9 Å². The number of benzene rings is 2. The van der Waals surface area contributed by atoms with Gasteiger partial charge in [-0.3, -0.25) is 4.79 Å². The molecule has 3 heterocycles. The van der Waals surface area contributed by atoms with E-state index in [1.165, 1.54) is 11.3 Å². The fourth-order valence-electron chi connectivity index (χ4n) is 3.66. The standard InChI is InChI=1S/C22H21N3O3S/c1-24-17-8-4-3-7-16(17)23-20(24)13-25(14-21-27-10-11-28-21)22(26)19-12-15-6-2-5-9-18(15)29-19/h2-9,12,21H,10-11,13-14H2,1H3. The topological polar surface area (TPSA) is 56.6 Å². The Morgan fingerprint density at radius 3 is 2.72 bits per heavy atom. The number of thiophene rings is 1. The highest BCUT2D eigenvalue weighted by atomic mass is 32.1. The summed E-state index contributed by atoms with van der Waals surface area (Å²) in [6.45, 7) is 1.88. The first-order chi connectivity index (χ1) is 14.2. The first kappa shape index (κ1) is 18.3. The molecular formula is C22H21N3O3S. The average Bonchev–Trinajstić information content (AvgIpc) is 3.47. The summed E-state index contributed by atoms with van der Waals surface area (Å²) >= 11 is 1.51. The first-order valence-electron chi connectivity index (χ1n) is 9.60. The monoisotopic (exact) mass is 407 g/mol. The van der Waals surface area contributed by atoms with E-state index in [-0.39, 0.29) is 5.91 Å². The van der Waals surface area contributed by atoms with Crippen LogP contribution in [0.25, 0.3) is 21.1 Å². The van der Waals surface area contributed by atoms with Crippen molar-refractivity contribution in [3.63, 3.8) is 0 Å². The summed E-state index contributed by atoms with van der Waals surface area (Å²) in [6.07, 6.45) is -0.400. The van der Waals surface area contributed by atoms with Crippen molar-refractivity contribution >= 4 is 38.4 Å². The van der Waals surface area contributed by atoms with Crippen LogP contribution >= 0.6 is 11.3 Å². The molecule has 1 aliphatic rings. The zero-order valence-corrected chi connectivity index (χ0v) is 16.9. The van der Waals surface area contributed by atoms with E-state index >= 15 is 0 Å². The predicted octanol–water partition coefficient (Wildman–Crippen LogP) is 3.80.